The van der Waals surface area contributed by atoms with E-state index in [-0.39, 0.29) is 23.6 Å². The van der Waals surface area contributed by atoms with E-state index in [1.54, 1.807) is 24.4 Å². The molecule has 3 N–H and O–H groups in total. The lowest BCUT2D eigenvalue weighted by molar-refractivity contribution is -0.731. The molecule has 0 aliphatic carbocycles. The molecule has 2 amide bonds. The molecule has 122 valence electrons. The number of nitrogens with zero attached hydrogens (tertiary/aromatic N) is 1. The van der Waals surface area contributed by atoms with Gasteiger partial charge in [0.15, 0.2) is 0 Å². The molecule has 0 bridgehead atoms. The first-order valence-corrected chi connectivity index (χ1v) is 7.36. The number of amides is 2. The summed E-state index contributed by atoms with van der Waals surface area (Å²) in [5.74, 6) is -2.44. The number of esters is 1. The maximum absolute atomic E-state index is 12.5. The Morgan fingerprint density at radius 3 is 2.43 bits per heavy atom. The Morgan fingerprint density at radius 1 is 1.26 bits per heavy atom. The number of phenolic OH excluding ortho intramolecular Hbond substituents is 1. The third-order valence-corrected chi connectivity index (χ3v) is 5.03. The third kappa shape index (κ3) is 2.03. The number of fused-ring (bicyclic) bond motifs is 1. The number of hydrogen-bond acceptors (Lipinski definition) is 5. The Hall–Kier alpha value is -2.41. The number of nitrogens with two attached hydrogens (primary N) is 1. The van der Waals surface area contributed by atoms with Crippen molar-refractivity contribution in [3.8, 4) is 5.75 Å². The number of likely N-dealkylation sites (tertiary alicyclic amines) is 1. The summed E-state index contributed by atoms with van der Waals surface area (Å²) >= 11 is 0. The largest absolute Gasteiger partial charge is 0.508 e. The van der Waals surface area contributed by atoms with Crippen molar-refractivity contribution in [1.29, 1.82) is 0 Å². The monoisotopic (exact) mass is 319 g/mol. The Morgan fingerprint density at radius 2 is 1.87 bits per heavy atom. The molecule has 2 fully saturated rings. The van der Waals surface area contributed by atoms with Gasteiger partial charge in [-0.05, 0) is 24.3 Å². The van der Waals surface area contributed by atoms with Crippen LogP contribution in [-0.2, 0) is 19.1 Å². The molecule has 1 aromatic carbocycles. The lowest BCUT2D eigenvalue weighted by Crippen LogP contribution is -2.97. The van der Waals surface area contributed by atoms with Crippen molar-refractivity contribution in [1.82, 2.24) is 4.90 Å². The highest BCUT2D eigenvalue weighted by molar-refractivity contribution is 6.08. The zero-order chi connectivity index (χ0) is 16.9. The molecule has 3 rings (SSSR count). The number of carbonyl (C=O) groups excluding carboxylic acids is 3. The summed E-state index contributed by atoms with van der Waals surface area (Å²) in [7, 11) is 2.71. The van der Waals surface area contributed by atoms with Gasteiger partial charge in [-0.1, -0.05) is 0 Å². The van der Waals surface area contributed by atoms with Crippen LogP contribution in [0.25, 0.3) is 0 Å². The summed E-state index contributed by atoms with van der Waals surface area (Å²) in [4.78, 5) is 38.4. The smallest absolute Gasteiger partial charge is 0.368 e. The topological polar surface area (TPSA) is 101 Å². The highest BCUT2D eigenvalue weighted by Crippen LogP contribution is 2.43. The van der Waals surface area contributed by atoms with E-state index in [1.807, 2.05) is 0 Å². The number of quaternary nitrogens is 1. The van der Waals surface area contributed by atoms with Gasteiger partial charge in [0.25, 0.3) is 0 Å². The highest BCUT2D eigenvalue weighted by Gasteiger charge is 2.70. The number of methoxy groups -OCH3 is 1. The van der Waals surface area contributed by atoms with Gasteiger partial charge in [0.1, 0.15) is 23.6 Å². The van der Waals surface area contributed by atoms with Crippen molar-refractivity contribution in [2.75, 3.05) is 14.2 Å². The summed E-state index contributed by atoms with van der Waals surface area (Å²) in [6.45, 7) is 1.64. The second-order valence-corrected chi connectivity index (χ2v) is 6.30. The van der Waals surface area contributed by atoms with Crippen LogP contribution < -0.4 is 5.32 Å². The van der Waals surface area contributed by atoms with Crippen molar-refractivity contribution in [2.24, 2.45) is 11.8 Å². The number of hydrogen-bond donors (Lipinski definition) is 2. The van der Waals surface area contributed by atoms with Gasteiger partial charge < -0.3 is 15.2 Å². The highest BCUT2D eigenvalue weighted by atomic mass is 16.5. The normalized spacial score (nSPS) is 33.0. The van der Waals surface area contributed by atoms with Crippen molar-refractivity contribution in [3.05, 3.63) is 29.8 Å². The average molecular weight is 319 g/mol. The minimum atomic E-state index is -1.15. The molecule has 7 nitrogen and oxygen atoms in total. The molecule has 2 aliphatic heterocycles. The molecule has 0 unspecified atom stereocenters. The molecular weight excluding hydrogens is 300 g/mol. The van der Waals surface area contributed by atoms with Crippen LogP contribution in [0.2, 0.25) is 0 Å². The number of benzene rings is 1. The van der Waals surface area contributed by atoms with E-state index in [0.29, 0.717) is 0 Å². The zero-order valence-corrected chi connectivity index (χ0v) is 13.1. The van der Waals surface area contributed by atoms with E-state index >= 15 is 0 Å². The first-order valence-electron chi connectivity index (χ1n) is 7.36. The first-order chi connectivity index (χ1) is 10.8. The zero-order valence-electron chi connectivity index (χ0n) is 13.1. The quantitative estimate of drug-likeness (QED) is 0.547. The fourth-order valence-electron chi connectivity index (χ4n) is 3.82. The van der Waals surface area contributed by atoms with Crippen molar-refractivity contribution in [2.45, 2.75) is 18.5 Å². The van der Waals surface area contributed by atoms with Crippen LogP contribution in [0.1, 0.15) is 18.5 Å². The van der Waals surface area contributed by atoms with Crippen molar-refractivity contribution >= 4 is 17.8 Å². The molecule has 0 aromatic heterocycles. The number of imide groups is 1. The Balaban J connectivity index is 2.09. The number of rotatable bonds is 2. The molecule has 2 aliphatic rings. The number of carbonyl (C=O) groups is 3. The summed E-state index contributed by atoms with van der Waals surface area (Å²) in [6.07, 6.45) is 0. The lowest BCUT2D eigenvalue weighted by Gasteiger charge is -2.24. The van der Waals surface area contributed by atoms with Crippen LogP contribution in [0, 0.1) is 11.8 Å². The average Bonchev–Trinajstić information content (AvgIpc) is 2.97. The van der Waals surface area contributed by atoms with Crippen LogP contribution in [0.4, 0.5) is 0 Å². The molecular formula is C16H19N2O5+. The molecule has 7 heteroatoms. The lowest BCUT2D eigenvalue weighted by atomic mass is 9.80. The van der Waals surface area contributed by atoms with Crippen LogP contribution in [0.5, 0.6) is 5.75 Å². The molecule has 2 saturated heterocycles. The van der Waals surface area contributed by atoms with Gasteiger partial charge in [0.05, 0.1) is 7.11 Å². The Bertz CT molecular complexity index is 686. The number of phenols is 1. The van der Waals surface area contributed by atoms with E-state index in [9.17, 15) is 19.5 Å². The predicted molar refractivity (Wildman–Crippen MR) is 78.0 cm³/mol. The molecule has 1 aromatic rings. The van der Waals surface area contributed by atoms with Crippen molar-refractivity contribution in [3.63, 3.8) is 0 Å². The predicted octanol–water partition coefficient (Wildman–Crippen LogP) is -0.827. The van der Waals surface area contributed by atoms with Gasteiger partial charge in [0.2, 0.25) is 17.4 Å². The van der Waals surface area contributed by atoms with Gasteiger partial charge in [-0.2, -0.15) is 0 Å². The first kappa shape index (κ1) is 15.5. The summed E-state index contributed by atoms with van der Waals surface area (Å²) in [5.41, 5.74) is -0.374. The van der Waals surface area contributed by atoms with Gasteiger partial charge in [-0.25, -0.2) is 4.79 Å². The maximum Gasteiger partial charge on any atom is 0.368 e. The van der Waals surface area contributed by atoms with E-state index in [2.05, 4.69) is 0 Å². The second kappa shape index (κ2) is 5.06. The number of ether oxygens (including phenoxy) is 1. The molecule has 4 atom stereocenters. The second-order valence-electron chi connectivity index (χ2n) is 6.30. The van der Waals surface area contributed by atoms with Gasteiger partial charge in [-0.3, -0.25) is 14.5 Å². The Labute approximate surface area is 133 Å². The molecule has 0 radical (unpaired) electrons. The fraction of sp³-hybridized carbons (Fsp3) is 0.438. The van der Waals surface area contributed by atoms with Crippen LogP contribution in [0.15, 0.2) is 24.3 Å². The van der Waals surface area contributed by atoms with Crippen LogP contribution >= 0.6 is 0 Å². The van der Waals surface area contributed by atoms with E-state index in [4.69, 9.17) is 4.74 Å². The van der Waals surface area contributed by atoms with Crippen LogP contribution in [-0.4, -0.2) is 47.5 Å². The van der Waals surface area contributed by atoms with Gasteiger partial charge in [0, 0.05) is 19.5 Å². The van der Waals surface area contributed by atoms with E-state index in [0.717, 1.165) is 10.5 Å². The fourth-order valence-corrected chi connectivity index (χ4v) is 3.82. The van der Waals surface area contributed by atoms with E-state index in [1.165, 1.54) is 26.3 Å². The van der Waals surface area contributed by atoms with Gasteiger partial charge >= 0.3 is 5.97 Å². The molecule has 0 spiro atoms. The summed E-state index contributed by atoms with van der Waals surface area (Å²) in [5, 5.41) is 11.2. The molecule has 23 heavy (non-hydrogen) atoms. The molecule has 2 heterocycles. The summed E-state index contributed by atoms with van der Waals surface area (Å²) in [6, 6.07) is 6.07. The van der Waals surface area contributed by atoms with Crippen LogP contribution in [0.3, 0.4) is 0 Å². The summed E-state index contributed by atoms with van der Waals surface area (Å²) < 4.78 is 4.88. The van der Waals surface area contributed by atoms with Gasteiger partial charge in [-0.15, -0.1) is 0 Å². The SMILES string of the molecule is COC(=O)[C@@]1(C)[NH2+][C@@H](c2ccc(O)cc2)[C@H]2C(=O)N(C)C(=O)[C@@H]21. The molecule has 0 saturated carbocycles. The van der Waals surface area contributed by atoms with E-state index < -0.39 is 23.3 Å². The third-order valence-electron chi connectivity index (χ3n) is 5.03. The number of aromatic hydroxyl groups is 1. The minimum absolute atomic E-state index is 0.116. The minimum Gasteiger partial charge on any atom is -0.508 e. The van der Waals surface area contributed by atoms with Crippen molar-refractivity contribution < 1.29 is 29.5 Å². The standard InChI is InChI=1S/C16H18N2O5/c1-16(15(22)23-3)11-10(13(20)18(2)14(11)21)12(17-16)8-4-6-9(19)7-5-8/h4-7,10-12,17,19H,1-3H3/p+1/t10-,11+,12-,16-/m0/s1. The maximum atomic E-state index is 12.5. The Kier molecular flexibility index (Phi) is 3.40.